The number of aromatic nitrogens is 2. The van der Waals surface area contributed by atoms with Crippen LogP contribution in [0.15, 0.2) is 30.6 Å². The number of hydrogen-bond acceptors (Lipinski definition) is 5. The second-order valence-electron chi connectivity index (χ2n) is 6.23. The van der Waals surface area contributed by atoms with E-state index in [1.807, 2.05) is 0 Å². The highest BCUT2D eigenvalue weighted by molar-refractivity contribution is 6.36. The number of anilines is 1. The highest BCUT2D eigenvalue weighted by atomic mass is 35.5. The van der Waals surface area contributed by atoms with Crippen molar-refractivity contribution in [1.82, 2.24) is 20.2 Å². The minimum Gasteiger partial charge on any atom is -0.352 e. The van der Waals surface area contributed by atoms with Gasteiger partial charge in [-0.2, -0.15) is 0 Å². The molecular weight excluding hydrogens is 392 g/mol. The molecule has 0 spiro atoms. The molecule has 1 aromatic heterocycles. The zero-order valence-corrected chi connectivity index (χ0v) is 16.2. The third kappa shape index (κ3) is 5.28. The van der Waals surface area contributed by atoms with Crippen LogP contribution in [0.25, 0.3) is 0 Å². The predicted molar refractivity (Wildman–Crippen MR) is 104 cm³/mol. The molecule has 3 rings (SSSR count). The second-order valence-corrected chi connectivity index (χ2v) is 7.05. The standard InChI is InChI=1S/C18H20Cl2FN5O/c19-14-12-15(20)16(21)11-13(14)17(27)22-5-2-6-25-7-9-26(10-8-25)18-23-3-1-4-24-18/h1,3-4,11-12H,2,5-10H2,(H,22,27). The maximum absolute atomic E-state index is 13.5. The molecule has 2 aromatic rings. The normalized spacial score (nSPS) is 15.0. The Morgan fingerprint density at radius 1 is 1.11 bits per heavy atom. The van der Waals surface area contributed by atoms with E-state index in [0.717, 1.165) is 51.2 Å². The first-order valence-corrected chi connectivity index (χ1v) is 9.47. The van der Waals surface area contributed by atoms with Crippen LogP contribution in [0.2, 0.25) is 10.0 Å². The number of nitrogens with zero attached hydrogens (tertiary/aromatic N) is 4. The van der Waals surface area contributed by atoms with E-state index in [4.69, 9.17) is 23.2 Å². The molecule has 0 atom stereocenters. The van der Waals surface area contributed by atoms with Crippen molar-refractivity contribution in [2.24, 2.45) is 0 Å². The molecule has 2 heterocycles. The van der Waals surface area contributed by atoms with Gasteiger partial charge in [-0.3, -0.25) is 9.69 Å². The van der Waals surface area contributed by atoms with E-state index in [2.05, 4.69) is 25.1 Å². The molecule has 1 fully saturated rings. The Morgan fingerprint density at radius 3 is 2.52 bits per heavy atom. The molecule has 1 aliphatic heterocycles. The summed E-state index contributed by atoms with van der Waals surface area (Å²) in [6, 6.07) is 4.10. The van der Waals surface area contributed by atoms with Crippen LogP contribution < -0.4 is 10.2 Å². The van der Waals surface area contributed by atoms with Crippen LogP contribution >= 0.6 is 23.2 Å². The molecule has 9 heteroatoms. The van der Waals surface area contributed by atoms with E-state index in [-0.39, 0.29) is 15.6 Å². The van der Waals surface area contributed by atoms with Crippen LogP contribution in [0, 0.1) is 5.82 Å². The lowest BCUT2D eigenvalue weighted by molar-refractivity contribution is 0.0951. The van der Waals surface area contributed by atoms with Gasteiger partial charge < -0.3 is 10.2 Å². The number of rotatable bonds is 6. The van der Waals surface area contributed by atoms with Crippen LogP contribution in [-0.2, 0) is 0 Å². The number of amides is 1. The summed E-state index contributed by atoms with van der Waals surface area (Å²) in [5.74, 6) is -0.301. The highest BCUT2D eigenvalue weighted by Gasteiger charge is 2.18. The minimum absolute atomic E-state index is 0.0926. The fourth-order valence-corrected chi connectivity index (χ4v) is 3.39. The van der Waals surface area contributed by atoms with Gasteiger partial charge in [0.1, 0.15) is 5.82 Å². The lowest BCUT2D eigenvalue weighted by Crippen LogP contribution is -2.47. The number of benzene rings is 1. The average Bonchev–Trinajstić information content (AvgIpc) is 2.69. The van der Waals surface area contributed by atoms with Crippen LogP contribution in [0.4, 0.5) is 10.3 Å². The summed E-state index contributed by atoms with van der Waals surface area (Å²) >= 11 is 11.6. The molecular formula is C18H20Cl2FN5O. The molecule has 1 aliphatic rings. The fraction of sp³-hybridized carbons (Fsp3) is 0.389. The highest BCUT2D eigenvalue weighted by Crippen LogP contribution is 2.24. The van der Waals surface area contributed by atoms with Crippen molar-refractivity contribution in [3.05, 3.63) is 52.0 Å². The van der Waals surface area contributed by atoms with Gasteiger partial charge >= 0.3 is 0 Å². The maximum atomic E-state index is 13.5. The summed E-state index contributed by atoms with van der Waals surface area (Å²) in [5, 5.41) is 2.81. The van der Waals surface area contributed by atoms with Crippen LogP contribution in [-0.4, -0.2) is 60.0 Å². The van der Waals surface area contributed by atoms with Gasteiger partial charge in [-0.15, -0.1) is 0 Å². The van der Waals surface area contributed by atoms with Gasteiger partial charge in [-0.1, -0.05) is 23.2 Å². The molecule has 0 aliphatic carbocycles. The van der Waals surface area contributed by atoms with Gasteiger partial charge in [0.25, 0.3) is 5.91 Å². The number of carbonyl (C=O) groups excluding carboxylic acids is 1. The lowest BCUT2D eigenvalue weighted by Gasteiger charge is -2.34. The predicted octanol–water partition coefficient (Wildman–Crippen LogP) is 2.86. The fourth-order valence-electron chi connectivity index (χ4n) is 2.92. The van der Waals surface area contributed by atoms with E-state index < -0.39 is 11.7 Å². The molecule has 1 aromatic carbocycles. The van der Waals surface area contributed by atoms with Crippen molar-refractivity contribution in [3.63, 3.8) is 0 Å². The van der Waals surface area contributed by atoms with Crippen molar-refractivity contribution in [3.8, 4) is 0 Å². The SMILES string of the molecule is O=C(NCCCN1CCN(c2ncccn2)CC1)c1cc(F)c(Cl)cc1Cl. The summed E-state index contributed by atoms with van der Waals surface area (Å²) in [4.78, 5) is 25.2. The van der Waals surface area contributed by atoms with E-state index in [1.54, 1.807) is 18.5 Å². The monoisotopic (exact) mass is 411 g/mol. The Balaban J connectivity index is 1.39. The third-order valence-electron chi connectivity index (χ3n) is 4.40. The first-order chi connectivity index (χ1) is 13.0. The Hall–Kier alpha value is -1.96. The number of piperazine rings is 1. The van der Waals surface area contributed by atoms with Crippen molar-refractivity contribution < 1.29 is 9.18 Å². The van der Waals surface area contributed by atoms with E-state index in [9.17, 15) is 9.18 Å². The van der Waals surface area contributed by atoms with E-state index in [0.29, 0.717) is 6.54 Å². The van der Waals surface area contributed by atoms with Crippen LogP contribution in [0.3, 0.4) is 0 Å². The number of nitrogens with one attached hydrogen (secondary N) is 1. The number of carbonyl (C=O) groups is 1. The van der Waals surface area contributed by atoms with Crippen LogP contribution in [0.1, 0.15) is 16.8 Å². The molecule has 0 unspecified atom stereocenters. The topological polar surface area (TPSA) is 61.4 Å². The van der Waals surface area contributed by atoms with E-state index >= 15 is 0 Å². The number of hydrogen-bond donors (Lipinski definition) is 1. The molecule has 0 bridgehead atoms. The molecule has 0 radical (unpaired) electrons. The minimum atomic E-state index is -0.661. The molecule has 1 saturated heterocycles. The van der Waals surface area contributed by atoms with Gasteiger partial charge in [0, 0.05) is 45.1 Å². The van der Waals surface area contributed by atoms with Gasteiger partial charge in [0.15, 0.2) is 0 Å². The maximum Gasteiger partial charge on any atom is 0.252 e. The average molecular weight is 412 g/mol. The largest absolute Gasteiger partial charge is 0.352 e. The smallest absolute Gasteiger partial charge is 0.252 e. The van der Waals surface area contributed by atoms with Gasteiger partial charge in [-0.05, 0) is 31.2 Å². The first kappa shape index (κ1) is 19.8. The van der Waals surface area contributed by atoms with Gasteiger partial charge in [0.05, 0.1) is 15.6 Å². The summed E-state index contributed by atoms with van der Waals surface area (Å²) in [7, 11) is 0. The van der Waals surface area contributed by atoms with E-state index in [1.165, 1.54) is 6.07 Å². The quantitative estimate of drug-likeness (QED) is 0.584. The van der Waals surface area contributed by atoms with Crippen molar-refractivity contribution in [1.29, 1.82) is 0 Å². The Bertz CT molecular complexity index is 785. The second kappa shape index (κ2) is 9.30. The molecule has 144 valence electrons. The molecule has 27 heavy (non-hydrogen) atoms. The first-order valence-electron chi connectivity index (χ1n) is 8.71. The van der Waals surface area contributed by atoms with Crippen molar-refractivity contribution >= 4 is 35.1 Å². The number of halogens is 3. The summed E-state index contributed by atoms with van der Waals surface area (Å²) in [6.07, 6.45) is 4.29. The van der Waals surface area contributed by atoms with Gasteiger partial charge in [-0.25, -0.2) is 14.4 Å². The summed E-state index contributed by atoms with van der Waals surface area (Å²) in [6.45, 7) is 4.93. The molecule has 0 saturated carbocycles. The Morgan fingerprint density at radius 2 is 1.81 bits per heavy atom. The third-order valence-corrected chi connectivity index (χ3v) is 5.00. The van der Waals surface area contributed by atoms with Crippen LogP contribution in [0.5, 0.6) is 0 Å². The Kier molecular flexibility index (Phi) is 6.82. The lowest BCUT2D eigenvalue weighted by atomic mass is 10.2. The summed E-state index contributed by atoms with van der Waals surface area (Å²) < 4.78 is 13.5. The molecule has 1 amide bonds. The zero-order chi connectivity index (χ0) is 19.2. The van der Waals surface area contributed by atoms with Crippen molar-refractivity contribution in [2.45, 2.75) is 6.42 Å². The van der Waals surface area contributed by atoms with Gasteiger partial charge in [0.2, 0.25) is 5.95 Å². The molecule has 1 N–H and O–H groups in total. The zero-order valence-electron chi connectivity index (χ0n) is 14.7. The summed E-state index contributed by atoms with van der Waals surface area (Å²) in [5.41, 5.74) is 0.0926. The Labute approximate surface area is 167 Å². The molecule has 6 nitrogen and oxygen atoms in total. The van der Waals surface area contributed by atoms with Crippen molar-refractivity contribution in [2.75, 3.05) is 44.2 Å².